The van der Waals surface area contributed by atoms with Crippen LogP contribution in [0.15, 0.2) is 0 Å². The van der Waals surface area contributed by atoms with E-state index >= 15 is 0 Å². The van der Waals surface area contributed by atoms with Crippen molar-refractivity contribution >= 4 is 45.2 Å². The predicted octanol–water partition coefficient (Wildman–Crippen LogP) is 2.40. The number of hydrogen-bond donors (Lipinski definition) is 0. The van der Waals surface area contributed by atoms with Crippen molar-refractivity contribution in [1.82, 2.24) is 0 Å². The van der Waals surface area contributed by atoms with E-state index in [4.69, 9.17) is 4.74 Å². The maximum atomic E-state index is 5.64. The molecule has 1 fully saturated rings. The van der Waals surface area contributed by atoms with Gasteiger partial charge >= 0.3 is 0 Å². The van der Waals surface area contributed by atoms with Gasteiger partial charge in [-0.05, 0) is 12.8 Å². The number of hydrogen-bond acceptors (Lipinski definition) is 1. The highest BCUT2D eigenvalue weighted by Gasteiger charge is 2.22. The second-order valence-electron chi connectivity index (χ2n) is 2.27. The molecule has 0 bridgehead atoms. The molecule has 2 unspecified atom stereocenters. The lowest BCUT2D eigenvalue weighted by molar-refractivity contribution is 0.0760. The van der Waals surface area contributed by atoms with Crippen molar-refractivity contribution in [3.8, 4) is 0 Å². The largest absolute Gasteiger partial charge is 0.373 e. The quantitative estimate of drug-likeness (QED) is 0.548. The number of ether oxygens (including phenoxy) is 1. The first-order chi connectivity index (χ1) is 4.36. The topological polar surface area (TPSA) is 9.23 Å². The summed E-state index contributed by atoms with van der Waals surface area (Å²) in [5, 5.41) is 0. The van der Waals surface area contributed by atoms with Crippen molar-refractivity contribution in [2.75, 3.05) is 8.86 Å². The predicted molar refractivity (Wildman–Crippen MR) is 55.7 cm³/mol. The van der Waals surface area contributed by atoms with Crippen molar-refractivity contribution in [2.45, 2.75) is 25.0 Å². The lowest BCUT2D eigenvalue weighted by atomic mass is 10.2. The number of halogens is 2. The molecule has 0 aromatic rings. The molecule has 1 rings (SSSR count). The molecule has 54 valence electrons. The third kappa shape index (κ3) is 2.49. The molecule has 0 amide bonds. The Bertz CT molecular complexity index is 77.1. The van der Waals surface area contributed by atoms with E-state index in [0.29, 0.717) is 12.2 Å². The molecule has 1 nitrogen and oxygen atoms in total. The molecule has 0 spiro atoms. The Balaban J connectivity index is 2.20. The van der Waals surface area contributed by atoms with Gasteiger partial charge in [-0.1, -0.05) is 45.2 Å². The van der Waals surface area contributed by atoms with Crippen molar-refractivity contribution in [3.63, 3.8) is 0 Å². The fourth-order valence-corrected chi connectivity index (χ4v) is 2.30. The maximum absolute atomic E-state index is 5.64. The summed E-state index contributed by atoms with van der Waals surface area (Å²) < 4.78 is 7.96. The van der Waals surface area contributed by atoms with E-state index < -0.39 is 0 Å². The Morgan fingerprint density at radius 2 is 1.56 bits per heavy atom. The van der Waals surface area contributed by atoms with E-state index in [2.05, 4.69) is 45.2 Å². The van der Waals surface area contributed by atoms with Crippen LogP contribution in [0.25, 0.3) is 0 Å². The van der Waals surface area contributed by atoms with E-state index in [-0.39, 0.29) is 0 Å². The zero-order valence-electron chi connectivity index (χ0n) is 5.15. The molecule has 0 radical (unpaired) electrons. The van der Waals surface area contributed by atoms with Gasteiger partial charge in [-0.15, -0.1) is 0 Å². The Labute approximate surface area is 83.2 Å². The highest BCUT2D eigenvalue weighted by Crippen LogP contribution is 2.22. The Hall–Kier alpha value is 1.42. The Morgan fingerprint density at radius 1 is 1.11 bits per heavy atom. The maximum Gasteiger partial charge on any atom is 0.0669 e. The van der Waals surface area contributed by atoms with Crippen LogP contribution in [0.2, 0.25) is 0 Å². The molecule has 1 saturated heterocycles. The van der Waals surface area contributed by atoms with Gasteiger partial charge in [0.25, 0.3) is 0 Å². The lowest BCUT2D eigenvalue weighted by Gasteiger charge is -2.07. The molecule has 0 saturated carbocycles. The average Bonchev–Trinajstić information content (AvgIpc) is 2.34. The first kappa shape index (κ1) is 8.52. The summed E-state index contributed by atoms with van der Waals surface area (Å²) in [6.45, 7) is 0. The van der Waals surface area contributed by atoms with Crippen LogP contribution < -0.4 is 0 Å². The zero-order valence-corrected chi connectivity index (χ0v) is 9.46. The zero-order chi connectivity index (χ0) is 6.69. The normalized spacial score (nSPS) is 35.3. The van der Waals surface area contributed by atoms with Gasteiger partial charge < -0.3 is 4.74 Å². The average molecular weight is 352 g/mol. The van der Waals surface area contributed by atoms with Gasteiger partial charge in [0.1, 0.15) is 0 Å². The van der Waals surface area contributed by atoms with Gasteiger partial charge in [-0.3, -0.25) is 0 Å². The minimum atomic E-state index is 0.561. The first-order valence-corrected chi connectivity index (χ1v) is 6.19. The van der Waals surface area contributed by atoms with Crippen molar-refractivity contribution in [2.24, 2.45) is 0 Å². The summed E-state index contributed by atoms with van der Waals surface area (Å²) in [4.78, 5) is 0. The number of alkyl halides is 2. The van der Waals surface area contributed by atoms with Crippen molar-refractivity contribution in [3.05, 3.63) is 0 Å². The van der Waals surface area contributed by atoms with Crippen LogP contribution >= 0.6 is 45.2 Å². The van der Waals surface area contributed by atoms with Crippen LogP contribution in [0.5, 0.6) is 0 Å². The highest BCUT2D eigenvalue weighted by atomic mass is 127. The Morgan fingerprint density at radius 3 is 1.78 bits per heavy atom. The molecule has 1 aliphatic rings. The molecule has 0 N–H and O–H groups in total. The molecule has 3 heteroatoms. The fraction of sp³-hybridized carbons (Fsp3) is 1.00. The van der Waals surface area contributed by atoms with Crippen molar-refractivity contribution < 1.29 is 4.74 Å². The van der Waals surface area contributed by atoms with E-state index in [0.717, 1.165) is 8.86 Å². The second-order valence-corrected chi connectivity index (χ2v) is 4.03. The summed E-state index contributed by atoms with van der Waals surface area (Å²) in [5.74, 6) is 0. The fourth-order valence-electron chi connectivity index (χ4n) is 1.01. The summed E-state index contributed by atoms with van der Waals surface area (Å²) in [6, 6.07) is 0. The summed E-state index contributed by atoms with van der Waals surface area (Å²) in [5.41, 5.74) is 0. The van der Waals surface area contributed by atoms with E-state index in [1.54, 1.807) is 0 Å². The van der Waals surface area contributed by atoms with Crippen LogP contribution in [0, 0.1) is 0 Å². The minimum absolute atomic E-state index is 0.561. The van der Waals surface area contributed by atoms with Crippen LogP contribution in [-0.2, 0) is 4.74 Å². The standard InChI is InChI=1S/C6H10I2O/c7-3-5-1-2-6(4-8)9-5/h5-6H,1-4H2. The SMILES string of the molecule is ICC1CCC(CI)O1. The smallest absolute Gasteiger partial charge is 0.0669 e. The van der Waals surface area contributed by atoms with Crippen LogP contribution in [0.1, 0.15) is 12.8 Å². The van der Waals surface area contributed by atoms with Gasteiger partial charge in [0.05, 0.1) is 12.2 Å². The lowest BCUT2D eigenvalue weighted by Crippen LogP contribution is -2.12. The highest BCUT2D eigenvalue weighted by molar-refractivity contribution is 14.1. The van der Waals surface area contributed by atoms with Gasteiger partial charge in [0.15, 0.2) is 0 Å². The molecule has 9 heavy (non-hydrogen) atoms. The van der Waals surface area contributed by atoms with Gasteiger partial charge in [-0.2, -0.15) is 0 Å². The third-order valence-corrected chi connectivity index (χ3v) is 3.50. The van der Waals surface area contributed by atoms with Gasteiger partial charge in [0.2, 0.25) is 0 Å². The molecule has 0 aromatic carbocycles. The minimum Gasteiger partial charge on any atom is -0.373 e. The summed E-state index contributed by atoms with van der Waals surface area (Å²) in [7, 11) is 0. The molecule has 1 heterocycles. The van der Waals surface area contributed by atoms with E-state index in [9.17, 15) is 0 Å². The van der Waals surface area contributed by atoms with E-state index in [1.807, 2.05) is 0 Å². The van der Waals surface area contributed by atoms with Crippen molar-refractivity contribution in [1.29, 1.82) is 0 Å². The summed E-state index contributed by atoms with van der Waals surface area (Å²) >= 11 is 4.78. The van der Waals surface area contributed by atoms with Crippen LogP contribution in [-0.4, -0.2) is 21.1 Å². The monoisotopic (exact) mass is 352 g/mol. The third-order valence-electron chi connectivity index (χ3n) is 1.54. The first-order valence-electron chi connectivity index (χ1n) is 3.14. The molecule has 1 aliphatic heterocycles. The summed E-state index contributed by atoms with van der Waals surface area (Å²) in [6.07, 6.45) is 3.67. The van der Waals surface area contributed by atoms with Crippen LogP contribution in [0.3, 0.4) is 0 Å². The van der Waals surface area contributed by atoms with Crippen LogP contribution in [0.4, 0.5) is 0 Å². The molecule has 0 aliphatic carbocycles. The number of rotatable bonds is 2. The van der Waals surface area contributed by atoms with Gasteiger partial charge in [0, 0.05) is 8.86 Å². The van der Waals surface area contributed by atoms with Gasteiger partial charge in [-0.25, -0.2) is 0 Å². The van der Waals surface area contributed by atoms with E-state index in [1.165, 1.54) is 12.8 Å². The Kier molecular flexibility index (Phi) is 4.10. The molecule has 2 atom stereocenters. The second kappa shape index (κ2) is 4.33. The molecular weight excluding hydrogens is 342 g/mol. The molecule has 0 aromatic heterocycles. The molecular formula is C6H10I2O.